The lowest BCUT2D eigenvalue weighted by Gasteiger charge is -2.11. The van der Waals surface area contributed by atoms with Crippen LogP contribution in [-0.2, 0) is 4.74 Å². The third kappa shape index (κ3) is 2.32. The molecule has 68 valence electrons. The Morgan fingerprint density at radius 3 is 2.46 bits per heavy atom. The Balaban J connectivity index is 2.85. The number of ether oxygens (including phenoxy) is 1. The molecule has 2 heteroatoms. The summed E-state index contributed by atoms with van der Waals surface area (Å²) in [6, 6.07) is 7.38. The lowest BCUT2D eigenvalue weighted by Crippen LogP contribution is -2.05. The molecule has 0 heterocycles. The smallest absolute Gasteiger partial charge is 0.105 e. The highest BCUT2D eigenvalue weighted by Gasteiger charge is 2.07. The summed E-state index contributed by atoms with van der Waals surface area (Å²) in [6.07, 6.45) is 4.95. The molecule has 1 unspecified atom stereocenters. The van der Waals surface area contributed by atoms with E-state index in [0.717, 1.165) is 11.1 Å². The first-order valence-electron chi connectivity index (χ1n) is 4.02. The van der Waals surface area contributed by atoms with Crippen molar-refractivity contribution in [3.8, 4) is 12.3 Å². The summed E-state index contributed by atoms with van der Waals surface area (Å²) < 4.78 is 5.06. The Kier molecular flexibility index (Phi) is 3.51. The summed E-state index contributed by atoms with van der Waals surface area (Å²) in [6.45, 7) is -0.0219. The molecule has 0 aromatic heterocycles. The fourth-order valence-electron chi connectivity index (χ4n) is 1.11. The molecule has 1 rings (SSSR count). The number of aliphatic hydroxyl groups excluding tert-OH is 1. The van der Waals surface area contributed by atoms with Crippen molar-refractivity contribution in [2.24, 2.45) is 0 Å². The summed E-state index contributed by atoms with van der Waals surface area (Å²) in [4.78, 5) is 0. The van der Waals surface area contributed by atoms with Crippen LogP contribution in [0.3, 0.4) is 0 Å². The molecule has 13 heavy (non-hydrogen) atoms. The second-order valence-corrected chi connectivity index (χ2v) is 2.67. The normalized spacial score (nSPS) is 12.1. The number of hydrogen-bond acceptors (Lipinski definition) is 2. The van der Waals surface area contributed by atoms with Crippen molar-refractivity contribution in [1.82, 2.24) is 0 Å². The Bertz CT molecular complexity index is 291. The van der Waals surface area contributed by atoms with Crippen LogP contribution in [-0.4, -0.2) is 18.8 Å². The summed E-state index contributed by atoms with van der Waals surface area (Å²) in [5, 5.41) is 8.94. The van der Waals surface area contributed by atoms with E-state index in [0.29, 0.717) is 0 Å². The summed E-state index contributed by atoms with van der Waals surface area (Å²) in [5.74, 6) is 2.53. The molecule has 0 saturated carbocycles. The molecule has 0 aliphatic rings. The Labute approximate surface area is 78.2 Å². The van der Waals surface area contributed by atoms with Gasteiger partial charge in [0.1, 0.15) is 6.10 Å². The van der Waals surface area contributed by atoms with Gasteiger partial charge in [-0.05, 0) is 17.7 Å². The van der Waals surface area contributed by atoms with Gasteiger partial charge in [0.2, 0.25) is 0 Å². The first-order valence-corrected chi connectivity index (χ1v) is 4.02. The van der Waals surface area contributed by atoms with Gasteiger partial charge in [-0.25, -0.2) is 0 Å². The van der Waals surface area contributed by atoms with Gasteiger partial charge in [-0.3, -0.25) is 0 Å². The maximum atomic E-state index is 8.94. The van der Waals surface area contributed by atoms with Gasteiger partial charge in [0.15, 0.2) is 0 Å². The fraction of sp³-hybridized carbons (Fsp3) is 0.273. The van der Waals surface area contributed by atoms with E-state index in [1.165, 1.54) is 0 Å². The molecule has 1 N–H and O–H groups in total. The first-order chi connectivity index (χ1) is 6.31. The summed E-state index contributed by atoms with van der Waals surface area (Å²) in [5.41, 5.74) is 1.76. The van der Waals surface area contributed by atoms with Gasteiger partial charge in [-0.2, -0.15) is 0 Å². The van der Waals surface area contributed by atoms with E-state index in [4.69, 9.17) is 16.3 Å². The van der Waals surface area contributed by atoms with Crippen LogP contribution in [0.5, 0.6) is 0 Å². The van der Waals surface area contributed by atoms with Crippen LogP contribution in [0.2, 0.25) is 0 Å². The lowest BCUT2D eigenvalue weighted by molar-refractivity contribution is 0.0484. The second kappa shape index (κ2) is 4.66. The van der Waals surface area contributed by atoms with Gasteiger partial charge in [0.25, 0.3) is 0 Å². The maximum absolute atomic E-state index is 8.94. The average Bonchev–Trinajstić information content (AvgIpc) is 2.21. The molecule has 1 atom stereocenters. The SMILES string of the molecule is C#Cc1ccc(C(CO)OC)cc1. The van der Waals surface area contributed by atoms with E-state index in [-0.39, 0.29) is 12.7 Å². The van der Waals surface area contributed by atoms with Gasteiger partial charge < -0.3 is 9.84 Å². The predicted molar refractivity (Wildman–Crippen MR) is 51.2 cm³/mol. The summed E-state index contributed by atoms with van der Waals surface area (Å²) >= 11 is 0. The molecular formula is C11H12O2. The molecule has 1 aromatic carbocycles. The molecule has 0 amide bonds. The minimum atomic E-state index is -0.258. The van der Waals surface area contributed by atoms with Crippen LogP contribution in [0.15, 0.2) is 24.3 Å². The molecule has 1 aromatic rings. The Hall–Kier alpha value is -1.30. The molecule has 0 radical (unpaired) electrons. The van der Waals surface area contributed by atoms with Crippen LogP contribution < -0.4 is 0 Å². The van der Waals surface area contributed by atoms with Crippen molar-refractivity contribution in [3.05, 3.63) is 35.4 Å². The fourth-order valence-corrected chi connectivity index (χ4v) is 1.11. The van der Waals surface area contributed by atoms with Gasteiger partial charge in [-0.1, -0.05) is 18.1 Å². The first kappa shape index (κ1) is 9.79. The van der Waals surface area contributed by atoms with Gasteiger partial charge in [0.05, 0.1) is 6.61 Å². The van der Waals surface area contributed by atoms with Crippen molar-refractivity contribution in [2.45, 2.75) is 6.10 Å². The number of benzene rings is 1. The lowest BCUT2D eigenvalue weighted by atomic mass is 10.1. The average molecular weight is 176 g/mol. The van der Waals surface area contributed by atoms with E-state index in [2.05, 4.69) is 5.92 Å². The van der Waals surface area contributed by atoms with Crippen molar-refractivity contribution in [3.63, 3.8) is 0 Å². The molecule has 0 fully saturated rings. The van der Waals surface area contributed by atoms with Crippen LogP contribution in [0, 0.1) is 12.3 Å². The van der Waals surface area contributed by atoms with Crippen LogP contribution in [0.25, 0.3) is 0 Å². The number of aliphatic hydroxyl groups is 1. The van der Waals surface area contributed by atoms with E-state index < -0.39 is 0 Å². The van der Waals surface area contributed by atoms with Crippen LogP contribution in [0.4, 0.5) is 0 Å². The van der Waals surface area contributed by atoms with E-state index in [1.54, 1.807) is 7.11 Å². The quantitative estimate of drug-likeness (QED) is 0.704. The van der Waals surface area contributed by atoms with E-state index >= 15 is 0 Å². The Morgan fingerprint density at radius 2 is 2.08 bits per heavy atom. The molecule has 2 nitrogen and oxygen atoms in total. The number of rotatable bonds is 3. The molecule has 0 saturated heterocycles. The van der Waals surface area contributed by atoms with Crippen molar-refractivity contribution in [1.29, 1.82) is 0 Å². The van der Waals surface area contributed by atoms with Gasteiger partial charge in [0, 0.05) is 12.7 Å². The monoisotopic (exact) mass is 176 g/mol. The van der Waals surface area contributed by atoms with Crippen LogP contribution in [0.1, 0.15) is 17.2 Å². The molecule has 0 spiro atoms. The topological polar surface area (TPSA) is 29.5 Å². The molecule has 0 bridgehead atoms. The zero-order chi connectivity index (χ0) is 9.68. The minimum Gasteiger partial charge on any atom is -0.393 e. The third-order valence-electron chi connectivity index (χ3n) is 1.90. The summed E-state index contributed by atoms with van der Waals surface area (Å²) in [7, 11) is 1.57. The maximum Gasteiger partial charge on any atom is 0.105 e. The number of terminal acetylenes is 1. The second-order valence-electron chi connectivity index (χ2n) is 2.67. The minimum absolute atomic E-state index is 0.0219. The van der Waals surface area contributed by atoms with E-state index in [1.807, 2.05) is 24.3 Å². The number of hydrogen-bond donors (Lipinski definition) is 1. The highest BCUT2D eigenvalue weighted by molar-refractivity contribution is 5.34. The molecular weight excluding hydrogens is 164 g/mol. The zero-order valence-electron chi connectivity index (χ0n) is 7.53. The third-order valence-corrected chi connectivity index (χ3v) is 1.90. The number of methoxy groups -OCH3 is 1. The van der Waals surface area contributed by atoms with E-state index in [9.17, 15) is 0 Å². The highest BCUT2D eigenvalue weighted by atomic mass is 16.5. The largest absolute Gasteiger partial charge is 0.393 e. The standard InChI is InChI=1S/C11H12O2/c1-3-9-4-6-10(7-5-9)11(8-12)13-2/h1,4-7,11-12H,8H2,2H3. The van der Waals surface area contributed by atoms with Crippen molar-refractivity contribution >= 4 is 0 Å². The van der Waals surface area contributed by atoms with Crippen molar-refractivity contribution < 1.29 is 9.84 Å². The van der Waals surface area contributed by atoms with Gasteiger partial charge >= 0.3 is 0 Å². The van der Waals surface area contributed by atoms with Gasteiger partial charge in [-0.15, -0.1) is 6.42 Å². The predicted octanol–water partition coefficient (Wildman–Crippen LogP) is 1.35. The van der Waals surface area contributed by atoms with Crippen LogP contribution >= 0.6 is 0 Å². The van der Waals surface area contributed by atoms with Crippen molar-refractivity contribution in [2.75, 3.05) is 13.7 Å². The molecule has 0 aliphatic heterocycles. The Morgan fingerprint density at radius 1 is 1.46 bits per heavy atom. The highest BCUT2D eigenvalue weighted by Crippen LogP contribution is 2.15. The molecule has 0 aliphatic carbocycles. The zero-order valence-corrected chi connectivity index (χ0v) is 7.53.